The zero-order valence-electron chi connectivity index (χ0n) is 19.9. The lowest BCUT2D eigenvalue weighted by Crippen LogP contribution is -2.32. The van der Waals surface area contributed by atoms with E-state index in [1.54, 1.807) is 6.20 Å². The molecule has 0 radical (unpaired) electrons. The van der Waals surface area contributed by atoms with Crippen molar-refractivity contribution in [3.05, 3.63) is 70.9 Å². The quantitative estimate of drug-likeness (QED) is 0.510. The van der Waals surface area contributed by atoms with Crippen molar-refractivity contribution in [2.45, 2.75) is 44.9 Å². The fraction of sp³-hybridized carbons (Fsp3) is 0.333. The van der Waals surface area contributed by atoms with Crippen LogP contribution in [0.3, 0.4) is 0 Å². The topological polar surface area (TPSA) is 115 Å². The van der Waals surface area contributed by atoms with Crippen LogP contribution in [-0.4, -0.2) is 41.5 Å². The monoisotopic (exact) mass is 466 g/mol. The number of aromatic nitrogens is 2. The van der Waals surface area contributed by atoms with Gasteiger partial charge < -0.3 is 21.3 Å². The van der Waals surface area contributed by atoms with Gasteiger partial charge in [-0.2, -0.15) is 10.2 Å². The molecule has 35 heavy (non-hydrogen) atoms. The minimum atomic E-state index is 0.297. The van der Waals surface area contributed by atoms with Gasteiger partial charge in [0.05, 0.1) is 24.6 Å². The molecule has 2 unspecified atom stereocenters. The summed E-state index contributed by atoms with van der Waals surface area (Å²) in [5.41, 5.74) is 12.2. The molecule has 0 amide bonds. The number of nitrogens with zero attached hydrogens (tertiary/aromatic N) is 5. The van der Waals surface area contributed by atoms with Crippen LogP contribution in [0, 0.1) is 18.3 Å². The molecule has 1 saturated heterocycles. The van der Waals surface area contributed by atoms with Gasteiger partial charge in [-0.25, -0.2) is 4.98 Å². The molecule has 3 aromatic rings. The second-order valence-corrected chi connectivity index (χ2v) is 9.07. The average Bonchev–Trinajstić information content (AvgIpc) is 3.26. The zero-order valence-corrected chi connectivity index (χ0v) is 19.9. The second kappa shape index (κ2) is 10.1. The molecule has 0 saturated carbocycles. The molecule has 3 heterocycles. The number of rotatable bonds is 6. The van der Waals surface area contributed by atoms with Gasteiger partial charge in [0.15, 0.2) is 5.82 Å². The van der Waals surface area contributed by atoms with Crippen molar-refractivity contribution < 1.29 is 0 Å². The van der Waals surface area contributed by atoms with E-state index >= 15 is 0 Å². The van der Waals surface area contributed by atoms with Gasteiger partial charge in [0.2, 0.25) is 5.95 Å². The molecule has 2 aromatic carbocycles. The average molecular weight is 467 g/mol. The van der Waals surface area contributed by atoms with Crippen LogP contribution in [-0.2, 0) is 13.1 Å². The highest BCUT2D eigenvalue weighted by molar-refractivity contribution is 5.69. The Labute approximate surface area is 205 Å². The van der Waals surface area contributed by atoms with Gasteiger partial charge in [-0.3, -0.25) is 4.99 Å². The van der Waals surface area contributed by atoms with Crippen LogP contribution in [0.4, 0.5) is 11.8 Å². The van der Waals surface area contributed by atoms with Crippen molar-refractivity contribution in [2.24, 2.45) is 10.7 Å². The van der Waals surface area contributed by atoms with E-state index < -0.39 is 0 Å². The summed E-state index contributed by atoms with van der Waals surface area (Å²) in [5.74, 6) is 1.22. The number of aliphatic imine (C=N–C) groups is 1. The summed E-state index contributed by atoms with van der Waals surface area (Å²) in [4.78, 5) is 15.9. The Bertz CT molecular complexity index is 1280. The van der Waals surface area contributed by atoms with Crippen LogP contribution in [0.5, 0.6) is 0 Å². The summed E-state index contributed by atoms with van der Waals surface area (Å²) in [6.45, 7) is 4.89. The summed E-state index contributed by atoms with van der Waals surface area (Å²) < 4.78 is 0. The van der Waals surface area contributed by atoms with Crippen molar-refractivity contribution in [1.82, 2.24) is 15.3 Å². The van der Waals surface area contributed by atoms with Gasteiger partial charge in [0.25, 0.3) is 0 Å². The Morgan fingerprint density at radius 2 is 2.06 bits per heavy atom. The van der Waals surface area contributed by atoms with E-state index in [4.69, 9.17) is 10.7 Å². The minimum Gasteiger partial charge on any atom is -0.371 e. The number of benzene rings is 2. The fourth-order valence-corrected chi connectivity index (χ4v) is 4.91. The Morgan fingerprint density at radius 1 is 1.20 bits per heavy atom. The number of hydrogen-bond acceptors (Lipinski definition) is 8. The molecule has 2 aliphatic rings. The first-order valence-electron chi connectivity index (χ1n) is 12.1. The molecule has 0 spiro atoms. The third-order valence-corrected chi connectivity index (χ3v) is 6.97. The predicted octanol–water partition coefficient (Wildman–Crippen LogP) is 3.36. The van der Waals surface area contributed by atoms with Gasteiger partial charge in [0.1, 0.15) is 11.6 Å². The van der Waals surface area contributed by atoms with Crippen molar-refractivity contribution >= 4 is 18.1 Å². The van der Waals surface area contributed by atoms with Gasteiger partial charge in [-0.05, 0) is 53.6 Å². The van der Waals surface area contributed by atoms with E-state index in [0.29, 0.717) is 42.5 Å². The second-order valence-electron chi connectivity index (χ2n) is 9.07. The molecule has 5 rings (SSSR count). The lowest BCUT2D eigenvalue weighted by molar-refractivity contribution is 0.513. The number of nitriles is 1. The van der Waals surface area contributed by atoms with Crippen molar-refractivity contribution in [3.63, 3.8) is 0 Å². The van der Waals surface area contributed by atoms with Crippen molar-refractivity contribution in [2.75, 3.05) is 23.3 Å². The van der Waals surface area contributed by atoms with E-state index in [0.717, 1.165) is 37.1 Å². The molecule has 4 N–H and O–H groups in total. The van der Waals surface area contributed by atoms with E-state index in [9.17, 15) is 5.26 Å². The highest BCUT2D eigenvalue weighted by Crippen LogP contribution is 2.28. The summed E-state index contributed by atoms with van der Waals surface area (Å²) in [6.07, 6.45) is 5.33. The van der Waals surface area contributed by atoms with E-state index in [1.807, 2.05) is 18.5 Å². The molecule has 0 aliphatic carbocycles. The molecular formula is C27H30N8. The Kier molecular flexibility index (Phi) is 6.59. The highest BCUT2D eigenvalue weighted by Gasteiger charge is 2.29. The summed E-state index contributed by atoms with van der Waals surface area (Å²) in [5, 5.41) is 16.4. The maximum Gasteiger partial charge on any atom is 0.224 e. The first-order valence-corrected chi connectivity index (χ1v) is 12.1. The zero-order chi connectivity index (χ0) is 24.2. The molecular weight excluding hydrogens is 436 g/mol. The standard InChI is InChI=1S/C27H30N8/c1-18-21(6-3-7-23(18)20-5-2-4-19(12-20)13-28)15-30-27-31-16-22(14-29)26(34-27)35-10-8-24-25(9-11-35)33-17-32-24/h2-7,12,16-17,24-25H,8-11,13,15,28H2,1H3,(H,32,33)(H,30,31,34). The molecule has 2 atom stereocenters. The number of anilines is 2. The third-order valence-electron chi connectivity index (χ3n) is 6.97. The molecule has 0 bridgehead atoms. The van der Waals surface area contributed by atoms with Crippen LogP contribution in [0.15, 0.2) is 53.7 Å². The van der Waals surface area contributed by atoms with E-state index in [1.165, 1.54) is 16.7 Å². The lowest BCUT2D eigenvalue weighted by Gasteiger charge is -2.23. The first kappa shape index (κ1) is 22.8. The van der Waals surface area contributed by atoms with Crippen LogP contribution < -0.4 is 21.3 Å². The summed E-state index contributed by atoms with van der Waals surface area (Å²) in [7, 11) is 0. The smallest absolute Gasteiger partial charge is 0.224 e. The highest BCUT2D eigenvalue weighted by atomic mass is 15.2. The summed E-state index contributed by atoms with van der Waals surface area (Å²) in [6, 6.07) is 17.6. The SMILES string of the molecule is Cc1c(CNc2ncc(C#N)c(N3CCC4N=CNC4CC3)n2)cccc1-c1cccc(CN)c1. The lowest BCUT2D eigenvalue weighted by atomic mass is 9.95. The van der Waals surface area contributed by atoms with Crippen LogP contribution in [0.25, 0.3) is 11.1 Å². The van der Waals surface area contributed by atoms with Crippen molar-refractivity contribution in [3.8, 4) is 17.2 Å². The molecule has 1 aromatic heterocycles. The number of nitrogens with two attached hydrogens (primary N) is 1. The molecule has 8 heteroatoms. The number of nitrogens with one attached hydrogen (secondary N) is 2. The largest absolute Gasteiger partial charge is 0.371 e. The molecule has 2 aliphatic heterocycles. The molecule has 178 valence electrons. The number of fused-ring (bicyclic) bond motifs is 1. The predicted molar refractivity (Wildman–Crippen MR) is 139 cm³/mol. The maximum absolute atomic E-state index is 9.67. The Morgan fingerprint density at radius 3 is 2.91 bits per heavy atom. The van der Waals surface area contributed by atoms with Gasteiger partial charge >= 0.3 is 0 Å². The molecule has 8 nitrogen and oxygen atoms in total. The van der Waals surface area contributed by atoms with Gasteiger partial charge in [-0.15, -0.1) is 0 Å². The van der Waals surface area contributed by atoms with E-state index in [2.05, 4.69) is 68.8 Å². The minimum absolute atomic E-state index is 0.297. The Hall–Kier alpha value is -3.96. The van der Waals surface area contributed by atoms with Gasteiger partial charge in [-0.1, -0.05) is 36.4 Å². The third kappa shape index (κ3) is 4.81. The van der Waals surface area contributed by atoms with E-state index in [-0.39, 0.29) is 0 Å². The molecule has 1 fully saturated rings. The fourth-order valence-electron chi connectivity index (χ4n) is 4.91. The van der Waals surface area contributed by atoms with Crippen LogP contribution in [0.1, 0.15) is 35.1 Å². The van der Waals surface area contributed by atoms with Crippen LogP contribution in [0.2, 0.25) is 0 Å². The van der Waals surface area contributed by atoms with Gasteiger partial charge in [0, 0.05) is 26.2 Å². The maximum atomic E-state index is 9.67. The van der Waals surface area contributed by atoms with Crippen molar-refractivity contribution in [1.29, 1.82) is 5.26 Å². The first-order chi connectivity index (χ1) is 17.2. The van der Waals surface area contributed by atoms with Crippen LogP contribution >= 0.6 is 0 Å². The normalized spacial score (nSPS) is 18.9. The number of hydrogen-bond donors (Lipinski definition) is 3. The summed E-state index contributed by atoms with van der Waals surface area (Å²) >= 11 is 0. The Balaban J connectivity index is 1.34.